The third kappa shape index (κ3) is 7.12. The summed E-state index contributed by atoms with van der Waals surface area (Å²) in [6.07, 6.45) is 0. The van der Waals surface area contributed by atoms with Gasteiger partial charge in [0.2, 0.25) is 0 Å². The van der Waals surface area contributed by atoms with E-state index in [0.29, 0.717) is 11.5 Å². The topological polar surface area (TPSA) is 79.8 Å². The number of sulfone groups is 1. The van der Waals surface area contributed by atoms with Crippen LogP contribution >= 0.6 is 0 Å². The lowest BCUT2D eigenvalue weighted by molar-refractivity contribution is -0.0504. The number of hydrogen-bond acceptors (Lipinski definition) is 4. The van der Waals surface area contributed by atoms with E-state index in [1.165, 1.54) is 13.1 Å². The minimum Gasteiger partial charge on any atom is -0.434 e. The lowest BCUT2D eigenvalue weighted by Gasteiger charge is -2.15. The second-order valence-corrected chi connectivity index (χ2v) is 7.55. The highest BCUT2D eigenvalue weighted by Crippen LogP contribution is 2.21. The molecule has 0 atom stereocenters. The zero-order valence-corrected chi connectivity index (χ0v) is 14.8. The first-order valence-electron chi connectivity index (χ1n) is 7.46. The fraction of sp³-hybridized carbons (Fsp3) is 0.533. The monoisotopic (exact) mass is 363 g/mol. The molecule has 0 bridgehead atoms. The molecule has 0 amide bonds. The maximum atomic E-state index is 12.4. The molecule has 0 heterocycles. The zero-order chi connectivity index (χ0) is 18.2. The Morgan fingerprint density at radius 1 is 1.33 bits per heavy atom. The first-order valence-corrected chi connectivity index (χ1v) is 9.28. The fourth-order valence-corrected chi connectivity index (χ4v) is 2.63. The number of halogens is 2. The van der Waals surface area contributed by atoms with Gasteiger partial charge in [0.15, 0.2) is 15.8 Å². The van der Waals surface area contributed by atoms with Gasteiger partial charge in [-0.3, -0.25) is 4.99 Å². The van der Waals surface area contributed by atoms with Crippen LogP contribution in [0.5, 0.6) is 5.75 Å². The van der Waals surface area contributed by atoms with Crippen LogP contribution in [-0.4, -0.2) is 46.1 Å². The molecular weight excluding hydrogens is 340 g/mol. The van der Waals surface area contributed by atoms with Crippen LogP contribution in [-0.2, 0) is 16.4 Å². The molecule has 0 aliphatic heterocycles. The van der Waals surface area contributed by atoms with Crippen LogP contribution in [0.1, 0.15) is 18.1 Å². The van der Waals surface area contributed by atoms with Gasteiger partial charge in [-0.2, -0.15) is 8.78 Å². The Kier molecular flexibility index (Phi) is 7.90. The smallest absolute Gasteiger partial charge is 0.387 e. The van der Waals surface area contributed by atoms with Gasteiger partial charge in [-0.25, -0.2) is 8.42 Å². The van der Waals surface area contributed by atoms with Crippen molar-refractivity contribution in [3.8, 4) is 5.75 Å². The van der Waals surface area contributed by atoms with E-state index in [9.17, 15) is 17.2 Å². The predicted octanol–water partition coefficient (Wildman–Crippen LogP) is 1.70. The van der Waals surface area contributed by atoms with Crippen molar-refractivity contribution in [1.82, 2.24) is 10.6 Å². The molecule has 0 aliphatic rings. The summed E-state index contributed by atoms with van der Waals surface area (Å²) in [6.45, 7) is 0.958. The van der Waals surface area contributed by atoms with Crippen LogP contribution in [0.3, 0.4) is 0 Å². The van der Waals surface area contributed by atoms with Gasteiger partial charge in [0.1, 0.15) is 5.75 Å². The zero-order valence-electron chi connectivity index (χ0n) is 14.0. The number of alkyl halides is 2. The maximum Gasteiger partial charge on any atom is 0.387 e. The molecule has 1 rings (SSSR count). The van der Waals surface area contributed by atoms with E-state index in [1.807, 2.05) is 6.92 Å². The number of nitrogens with zero attached hydrogens (tertiary/aromatic N) is 1. The summed E-state index contributed by atoms with van der Waals surface area (Å²) in [5.74, 6) is 0.546. The number of benzene rings is 1. The average molecular weight is 363 g/mol. The van der Waals surface area contributed by atoms with Crippen molar-refractivity contribution in [1.29, 1.82) is 0 Å². The summed E-state index contributed by atoms with van der Waals surface area (Å²) in [4.78, 5) is 3.97. The summed E-state index contributed by atoms with van der Waals surface area (Å²) in [7, 11) is -1.53. The first kappa shape index (κ1) is 20.1. The molecule has 0 spiro atoms. The summed E-state index contributed by atoms with van der Waals surface area (Å²) < 4.78 is 52.3. The Balaban J connectivity index is 2.64. The van der Waals surface area contributed by atoms with Crippen molar-refractivity contribution in [3.63, 3.8) is 0 Å². The minimum atomic E-state index is -3.06. The molecular formula is C15H23F2N3O3S. The van der Waals surface area contributed by atoms with Gasteiger partial charge in [-0.15, -0.1) is 0 Å². The Morgan fingerprint density at radius 2 is 2.04 bits per heavy atom. The number of rotatable bonds is 8. The Morgan fingerprint density at radius 3 is 2.62 bits per heavy atom. The van der Waals surface area contributed by atoms with E-state index in [1.54, 1.807) is 19.1 Å². The quantitative estimate of drug-likeness (QED) is 0.543. The third-order valence-corrected chi connectivity index (χ3v) is 4.95. The molecule has 1 aromatic rings. The average Bonchev–Trinajstić information content (AvgIpc) is 2.52. The van der Waals surface area contributed by atoms with Gasteiger partial charge in [-0.1, -0.05) is 24.6 Å². The van der Waals surface area contributed by atoms with Crippen LogP contribution in [0.15, 0.2) is 23.2 Å². The SMILES string of the molecule is CCS(=O)(=O)CCNC(=NC)NCc1cc(C)ccc1OC(F)F. The van der Waals surface area contributed by atoms with E-state index < -0.39 is 16.4 Å². The first-order chi connectivity index (χ1) is 11.3. The second-order valence-electron chi connectivity index (χ2n) is 5.08. The van der Waals surface area contributed by atoms with E-state index >= 15 is 0 Å². The Labute approximate surface area is 141 Å². The largest absolute Gasteiger partial charge is 0.434 e. The van der Waals surface area contributed by atoms with Gasteiger partial charge in [-0.05, 0) is 13.0 Å². The lowest BCUT2D eigenvalue weighted by atomic mass is 10.1. The predicted molar refractivity (Wildman–Crippen MR) is 90.3 cm³/mol. The number of nitrogens with one attached hydrogen (secondary N) is 2. The van der Waals surface area contributed by atoms with Gasteiger partial charge < -0.3 is 15.4 Å². The van der Waals surface area contributed by atoms with Gasteiger partial charge >= 0.3 is 6.61 Å². The molecule has 0 aromatic heterocycles. The van der Waals surface area contributed by atoms with Crippen molar-refractivity contribution < 1.29 is 21.9 Å². The number of guanidine groups is 1. The summed E-state index contributed by atoms with van der Waals surface area (Å²) in [5, 5.41) is 5.83. The molecule has 6 nitrogen and oxygen atoms in total. The van der Waals surface area contributed by atoms with Crippen molar-refractivity contribution >= 4 is 15.8 Å². The van der Waals surface area contributed by atoms with Crippen molar-refractivity contribution in [3.05, 3.63) is 29.3 Å². The standard InChI is InChI=1S/C15H23F2N3O3S/c1-4-24(21,22)8-7-19-15(18-3)20-10-12-9-11(2)5-6-13(12)23-14(16)17/h5-6,9,14H,4,7-8,10H2,1-3H3,(H2,18,19,20). The molecule has 2 N–H and O–H groups in total. The molecule has 0 fully saturated rings. The van der Waals surface area contributed by atoms with Crippen LogP contribution in [0.4, 0.5) is 8.78 Å². The summed E-state index contributed by atoms with van der Waals surface area (Å²) >= 11 is 0. The van der Waals surface area contributed by atoms with Crippen molar-refractivity contribution in [2.75, 3.05) is 25.1 Å². The Hall–Kier alpha value is -1.90. The van der Waals surface area contributed by atoms with E-state index in [4.69, 9.17) is 0 Å². The molecule has 1 aromatic carbocycles. The van der Waals surface area contributed by atoms with Crippen LogP contribution in [0.25, 0.3) is 0 Å². The molecule has 0 aliphatic carbocycles. The fourth-order valence-electron chi connectivity index (χ4n) is 1.93. The lowest BCUT2D eigenvalue weighted by Crippen LogP contribution is -2.39. The molecule has 0 saturated heterocycles. The second kappa shape index (κ2) is 9.41. The Bertz CT molecular complexity index is 664. The van der Waals surface area contributed by atoms with E-state index in [0.717, 1.165) is 5.56 Å². The highest BCUT2D eigenvalue weighted by molar-refractivity contribution is 7.91. The normalized spacial score (nSPS) is 12.3. The minimum absolute atomic E-state index is 0.00557. The highest BCUT2D eigenvalue weighted by atomic mass is 32.2. The number of aliphatic imine (C=N–C) groups is 1. The summed E-state index contributed by atoms with van der Waals surface area (Å²) in [6, 6.07) is 4.91. The third-order valence-electron chi connectivity index (χ3n) is 3.25. The summed E-state index contributed by atoms with van der Waals surface area (Å²) in [5.41, 5.74) is 1.46. The molecule has 0 unspecified atom stereocenters. The number of aryl methyl sites for hydroxylation is 1. The van der Waals surface area contributed by atoms with Gasteiger partial charge in [0.25, 0.3) is 0 Å². The number of hydrogen-bond donors (Lipinski definition) is 2. The van der Waals surface area contributed by atoms with E-state index in [2.05, 4.69) is 20.4 Å². The van der Waals surface area contributed by atoms with Crippen LogP contribution in [0, 0.1) is 6.92 Å². The molecule has 0 saturated carbocycles. The van der Waals surface area contributed by atoms with Crippen LogP contribution < -0.4 is 15.4 Å². The van der Waals surface area contributed by atoms with Gasteiger partial charge in [0, 0.05) is 31.5 Å². The van der Waals surface area contributed by atoms with Crippen molar-refractivity contribution in [2.24, 2.45) is 4.99 Å². The van der Waals surface area contributed by atoms with Gasteiger partial charge in [0.05, 0.1) is 5.75 Å². The number of ether oxygens (including phenoxy) is 1. The molecule has 0 radical (unpaired) electrons. The van der Waals surface area contributed by atoms with Crippen molar-refractivity contribution in [2.45, 2.75) is 27.0 Å². The molecule has 24 heavy (non-hydrogen) atoms. The highest BCUT2D eigenvalue weighted by Gasteiger charge is 2.11. The molecule has 9 heteroatoms. The van der Waals surface area contributed by atoms with Crippen LogP contribution in [0.2, 0.25) is 0 Å². The molecule has 136 valence electrons. The maximum absolute atomic E-state index is 12.4. The van der Waals surface area contributed by atoms with E-state index in [-0.39, 0.29) is 30.3 Å².